The zero-order chi connectivity index (χ0) is 24.1. The fourth-order valence-electron chi connectivity index (χ4n) is 3.70. The molecule has 0 saturated carbocycles. The first-order valence-corrected chi connectivity index (χ1v) is 11.4. The quantitative estimate of drug-likeness (QED) is 0.174. The van der Waals surface area contributed by atoms with E-state index in [1.807, 2.05) is 58.0 Å². The lowest BCUT2D eigenvalue weighted by atomic mass is 9.82. The van der Waals surface area contributed by atoms with Crippen LogP contribution in [0.4, 0.5) is 0 Å². The fourth-order valence-corrected chi connectivity index (χ4v) is 3.70. The van der Waals surface area contributed by atoms with Gasteiger partial charge in [-0.3, -0.25) is 14.8 Å². The Hall–Kier alpha value is -2.67. The van der Waals surface area contributed by atoms with Gasteiger partial charge >= 0.3 is 5.97 Å². The number of hydrogen-bond donors (Lipinski definition) is 3. The summed E-state index contributed by atoms with van der Waals surface area (Å²) in [7, 11) is 0. The van der Waals surface area contributed by atoms with Gasteiger partial charge in [0.05, 0.1) is 11.8 Å². The van der Waals surface area contributed by atoms with E-state index in [4.69, 9.17) is 4.74 Å². The first kappa shape index (κ1) is 27.4. The van der Waals surface area contributed by atoms with Gasteiger partial charge < -0.3 is 10.1 Å². The molecule has 3 atom stereocenters. The van der Waals surface area contributed by atoms with Crippen molar-refractivity contribution in [2.24, 2.45) is 17.8 Å². The van der Waals surface area contributed by atoms with Crippen molar-refractivity contribution in [3.63, 3.8) is 0 Å². The molecule has 3 N–H and O–H groups in total. The van der Waals surface area contributed by atoms with Crippen LogP contribution in [0.5, 0.6) is 0 Å². The zero-order valence-electron chi connectivity index (χ0n) is 19.7. The molecule has 178 valence electrons. The van der Waals surface area contributed by atoms with Gasteiger partial charge in [-0.05, 0) is 37.2 Å². The molecule has 0 aliphatic carbocycles. The van der Waals surface area contributed by atoms with E-state index in [-0.39, 0.29) is 24.9 Å². The molecule has 7 nitrogen and oxygen atoms in total. The van der Waals surface area contributed by atoms with Crippen LogP contribution in [0.3, 0.4) is 0 Å². The second-order valence-corrected chi connectivity index (χ2v) is 8.47. The van der Waals surface area contributed by atoms with E-state index in [0.717, 1.165) is 5.56 Å². The fraction of sp³-hybridized carbons (Fsp3) is 0.560. The number of rotatable bonds is 14. The second-order valence-electron chi connectivity index (χ2n) is 8.47. The van der Waals surface area contributed by atoms with Gasteiger partial charge in [-0.15, -0.1) is 6.58 Å². The Balaban J connectivity index is 3.17. The van der Waals surface area contributed by atoms with E-state index in [9.17, 15) is 19.6 Å². The average Bonchev–Trinajstić information content (AvgIpc) is 2.78. The summed E-state index contributed by atoms with van der Waals surface area (Å²) in [4.78, 5) is 38.6. The first-order valence-electron chi connectivity index (χ1n) is 11.4. The Morgan fingerprint density at radius 1 is 1.06 bits per heavy atom. The normalized spacial score (nSPS) is 13.8. The number of esters is 1. The highest BCUT2D eigenvalue weighted by Crippen LogP contribution is 2.25. The van der Waals surface area contributed by atoms with Gasteiger partial charge in [0, 0.05) is 6.42 Å². The summed E-state index contributed by atoms with van der Waals surface area (Å²) in [5.74, 6) is -2.98. The van der Waals surface area contributed by atoms with Crippen molar-refractivity contribution in [2.45, 2.75) is 71.9 Å². The predicted molar refractivity (Wildman–Crippen MR) is 124 cm³/mol. The molecule has 0 aromatic heterocycles. The molecule has 1 rings (SSSR count). The smallest absolute Gasteiger partial charge is 0.329 e. The van der Waals surface area contributed by atoms with Crippen molar-refractivity contribution < 1.29 is 24.3 Å². The molecule has 2 amide bonds. The minimum Gasteiger partial charge on any atom is -0.461 e. The summed E-state index contributed by atoms with van der Waals surface area (Å²) in [6, 6.07) is 8.50. The number of carbonyl (C=O) groups excluding carboxylic acids is 3. The lowest BCUT2D eigenvalue weighted by Gasteiger charge is -2.28. The minimum absolute atomic E-state index is 0.119. The first-order chi connectivity index (χ1) is 15.3. The molecule has 0 saturated heterocycles. The number of ether oxygens (including phenoxy) is 1. The zero-order valence-corrected chi connectivity index (χ0v) is 19.7. The number of benzene rings is 1. The molecule has 0 spiro atoms. The van der Waals surface area contributed by atoms with Crippen molar-refractivity contribution >= 4 is 17.8 Å². The van der Waals surface area contributed by atoms with E-state index in [1.54, 1.807) is 11.6 Å². The molecule has 0 aliphatic heterocycles. The molecular formula is C25H38N2O5. The third-order valence-electron chi connectivity index (χ3n) is 5.49. The highest BCUT2D eigenvalue weighted by atomic mass is 16.5. The molecule has 32 heavy (non-hydrogen) atoms. The van der Waals surface area contributed by atoms with Crippen LogP contribution in [-0.4, -0.2) is 35.1 Å². The number of hydroxylamine groups is 1. The summed E-state index contributed by atoms with van der Waals surface area (Å²) in [5, 5.41) is 12.0. The molecule has 0 heterocycles. The third-order valence-corrected chi connectivity index (χ3v) is 5.49. The van der Waals surface area contributed by atoms with Crippen LogP contribution in [0.25, 0.3) is 0 Å². The summed E-state index contributed by atoms with van der Waals surface area (Å²) >= 11 is 0. The van der Waals surface area contributed by atoms with E-state index >= 15 is 0 Å². The van der Waals surface area contributed by atoms with Crippen LogP contribution < -0.4 is 10.8 Å². The molecule has 0 bridgehead atoms. The Labute approximate surface area is 191 Å². The average molecular weight is 447 g/mol. The largest absolute Gasteiger partial charge is 0.461 e. The Kier molecular flexibility index (Phi) is 12.3. The van der Waals surface area contributed by atoms with Crippen molar-refractivity contribution in [1.82, 2.24) is 10.8 Å². The standard InChI is InChI=1S/C25H38N2O5/c1-6-12-20(24(29)27-31)21(15-17(4)5)23(28)26-22(16-18-13-10-9-11-14-18)25(30)32-19(7-2)8-3/h6,9-11,13-14,17,19-22,31H,1,7-8,12,15-16H2,2-5H3,(H,26,28)(H,27,29). The van der Waals surface area contributed by atoms with E-state index in [0.29, 0.717) is 19.3 Å². The number of amides is 2. The SMILES string of the molecule is C=CCC(C(=O)NO)C(CC(C)C)C(=O)NC(Cc1ccccc1)C(=O)OC(CC)CC. The van der Waals surface area contributed by atoms with Crippen molar-refractivity contribution in [3.05, 3.63) is 48.6 Å². The molecule has 1 aromatic carbocycles. The monoisotopic (exact) mass is 446 g/mol. The van der Waals surface area contributed by atoms with Gasteiger partial charge in [0.2, 0.25) is 11.8 Å². The van der Waals surface area contributed by atoms with Gasteiger partial charge in [0.1, 0.15) is 12.1 Å². The summed E-state index contributed by atoms with van der Waals surface area (Å²) in [6.45, 7) is 11.5. The molecule has 0 radical (unpaired) electrons. The lowest BCUT2D eigenvalue weighted by molar-refractivity contribution is -0.154. The van der Waals surface area contributed by atoms with Crippen LogP contribution in [0, 0.1) is 17.8 Å². The van der Waals surface area contributed by atoms with Crippen LogP contribution >= 0.6 is 0 Å². The van der Waals surface area contributed by atoms with E-state index < -0.39 is 35.7 Å². The van der Waals surface area contributed by atoms with Crippen molar-refractivity contribution in [2.75, 3.05) is 0 Å². The molecule has 0 fully saturated rings. The van der Waals surface area contributed by atoms with Crippen molar-refractivity contribution in [3.8, 4) is 0 Å². The number of hydrogen-bond acceptors (Lipinski definition) is 5. The summed E-state index contributed by atoms with van der Waals surface area (Å²) in [6.07, 6.45) is 3.60. The van der Waals surface area contributed by atoms with E-state index in [1.165, 1.54) is 0 Å². The highest BCUT2D eigenvalue weighted by molar-refractivity contribution is 5.90. The Morgan fingerprint density at radius 3 is 2.19 bits per heavy atom. The third kappa shape index (κ3) is 8.83. The van der Waals surface area contributed by atoms with Gasteiger partial charge in [-0.25, -0.2) is 10.3 Å². The van der Waals surface area contributed by atoms with Gasteiger partial charge in [0.15, 0.2) is 0 Å². The maximum atomic E-state index is 13.3. The van der Waals surface area contributed by atoms with E-state index in [2.05, 4.69) is 11.9 Å². The van der Waals surface area contributed by atoms with Gasteiger partial charge in [-0.1, -0.05) is 64.1 Å². The van der Waals surface area contributed by atoms with Crippen LogP contribution in [0.15, 0.2) is 43.0 Å². The highest BCUT2D eigenvalue weighted by Gasteiger charge is 2.36. The van der Waals surface area contributed by atoms with Crippen LogP contribution in [0.2, 0.25) is 0 Å². The summed E-state index contributed by atoms with van der Waals surface area (Å²) in [5.41, 5.74) is 2.54. The Bertz CT molecular complexity index is 731. The minimum atomic E-state index is -0.887. The predicted octanol–water partition coefficient (Wildman–Crippen LogP) is 3.81. The number of nitrogens with one attached hydrogen (secondary N) is 2. The molecule has 0 aliphatic rings. The number of allylic oxidation sites excluding steroid dienone is 1. The summed E-state index contributed by atoms with van der Waals surface area (Å²) < 4.78 is 5.63. The van der Waals surface area contributed by atoms with Crippen LogP contribution in [0.1, 0.15) is 58.9 Å². The van der Waals surface area contributed by atoms with Gasteiger partial charge in [-0.2, -0.15) is 0 Å². The van der Waals surface area contributed by atoms with Gasteiger partial charge in [0.25, 0.3) is 0 Å². The molecule has 3 unspecified atom stereocenters. The second kappa shape index (κ2) is 14.4. The molecular weight excluding hydrogens is 408 g/mol. The van der Waals surface area contributed by atoms with Crippen molar-refractivity contribution in [1.29, 1.82) is 0 Å². The lowest BCUT2D eigenvalue weighted by Crippen LogP contribution is -2.49. The topological polar surface area (TPSA) is 105 Å². The maximum absolute atomic E-state index is 13.3. The van der Waals surface area contributed by atoms with Crippen LogP contribution in [-0.2, 0) is 25.5 Å². The molecule has 7 heteroatoms. The number of carbonyl (C=O) groups is 3. The maximum Gasteiger partial charge on any atom is 0.329 e. The molecule has 1 aromatic rings. The Morgan fingerprint density at radius 2 is 1.69 bits per heavy atom.